The molecule has 1 aromatic rings. The zero-order valence-electron chi connectivity index (χ0n) is 8.13. The molecule has 14 heavy (non-hydrogen) atoms. The van der Waals surface area contributed by atoms with Gasteiger partial charge < -0.3 is 9.47 Å². The van der Waals surface area contributed by atoms with Crippen molar-refractivity contribution in [1.82, 2.24) is 0 Å². The van der Waals surface area contributed by atoms with Gasteiger partial charge in [-0.3, -0.25) is 0 Å². The van der Waals surface area contributed by atoms with E-state index in [1.807, 2.05) is 25.1 Å². The van der Waals surface area contributed by atoms with Crippen molar-refractivity contribution in [2.75, 3.05) is 13.2 Å². The predicted octanol–water partition coefficient (Wildman–Crippen LogP) is 2.63. The van der Waals surface area contributed by atoms with Gasteiger partial charge in [0.15, 0.2) is 11.5 Å². The second-order valence-corrected chi connectivity index (χ2v) is 4.21. The first-order valence-electron chi connectivity index (χ1n) is 4.78. The summed E-state index contributed by atoms with van der Waals surface area (Å²) in [7, 11) is 0. The first-order valence-corrected chi connectivity index (χ1v) is 5.22. The second kappa shape index (κ2) is 4.09. The monoisotopic (exact) mass is 212 g/mol. The van der Waals surface area contributed by atoms with Gasteiger partial charge in [0.05, 0.1) is 0 Å². The van der Waals surface area contributed by atoms with Crippen molar-refractivity contribution in [2.45, 2.75) is 18.7 Å². The second-order valence-electron chi connectivity index (χ2n) is 3.46. The van der Waals surface area contributed by atoms with Crippen LogP contribution in [0.3, 0.4) is 0 Å². The van der Waals surface area contributed by atoms with Gasteiger partial charge in [-0.2, -0.15) is 0 Å². The lowest BCUT2D eigenvalue weighted by Gasteiger charge is -2.19. The van der Waals surface area contributed by atoms with E-state index >= 15 is 0 Å². The summed E-state index contributed by atoms with van der Waals surface area (Å²) in [4.78, 5) is 0. The van der Waals surface area contributed by atoms with Gasteiger partial charge in [-0.25, -0.2) is 0 Å². The van der Waals surface area contributed by atoms with Gasteiger partial charge in [0.25, 0.3) is 0 Å². The molecule has 0 aliphatic carbocycles. The van der Waals surface area contributed by atoms with Crippen LogP contribution in [0, 0.1) is 0 Å². The summed E-state index contributed by atoms with van der Waals surface area (Å²) < 4.78 is 10.9. The molecule has 0 fully saturated rings. The number of fused-ring (bicyclic) bond motifs is 1. The zero-order chi connectivity index (χ0) is 9.97. The molecule has 1 aromatic carbocycles. The molecule has 0 saturated heterocycles. The summed E-state index contributed by atoms with van der Waals surface area (Å²) in [5.41, 5.74) is 1.19. The van der Waals surface area contributed by atoms with Crippen LogP contribution >= 0.6 is 11.6 Å². The Kier molecular flexibility index (Phi) is 2.82. The number of ether oxygens (including phenoxy) is 2. The van der Waals surface area contributed by atoms with Gasteiger partial charge in [0, 0.05) is 5.38 Å². The molecule has 0 N–H and O–H groups in total. The lowest BCUT2D eigenvalue weighted by Crippen LogP contribution is -2.15. The van der Waals surface area contributed by atoms with E-state index in [1.165, 1.54) is 5.56 Å². The first kappa shape index (κ1) is 9.66. The van der Waals surface area contributed by atoms with Gasteiger partial charge in [-0.1, -0.05) is 6.07 Å². The lowest BCUT2D eigenvalue weighted by molar-refractivity contribution is 0.171. The highest BCUT2D eigenvalue weighted by Crippen LogP contribution is 2.31. The van der Waals surface area contributed by atoms with Crippen molar-refractivity contribution in [3.63, 3.8) is 0 Å². The van der Waals surface area contributed by atoms with Crippen molar-refractivity contribution in [3.05, 3.63) is 23.8 Å². The van der Waals surface area contributed by atoms with Crippen LogP contribution in [0.25, 0.3) is 0 Å². The summed E-state index contributed by atoms with van der Waals surface area (Å²) in [6.45, 7) is 3.25. The summed E-state index contributed by atoms with van der Waals surface area (Å²) in [6, 6.07) is 5.99. The topological polar surface area (TPSA) is 18.5 Å². The third-order valence-corrected chi connectivity index (χ3v) is 2.28. The number of hydrogen-bond donors (Lipinski definition) is 0. The van der Waals surface area contributed by atoms with Gasteiger partial charge in [-0.15, -0.1) is 11.6 Å². The van der Waals surface area contributed by atoms with Crippen LogP contribution in [-0.2, 0) is 6.42 Å². The largest absolute Gasteiger partial charge is 0.486 e. The summed E-state index contributed by atoms with van der Waals surface area (Å²) in [5.74, 6) is 1.67. The Bertz CT molecular complexity index is 323. The van der Waals surface area contributed by atoms with Crippen LogP contribution in [0.1, 0.15) is 12.5 Å². The minimum atomic E-state index is 0.151. The molecule has 0 radical (unpaired) electrons. The summed E-state index contributed by atoms with van der Waals surface area (Å²) >= 11 is 5.92. The summed E-state index contributed by atoms with van der Waals surface area (Å²) in [6.07, 6.45) is 0.859. The quantitative estimate of drug-likeness (QED) is 0.702. The van der Waals surface area contributed by atoms with E-state index in [4.69, 9.17) is 21.1 Å². The molecule has 1 atom stereocenters. The molecule has 1 aliphatic heterocycles. The van der Waals surface area contributed by atoms with Gasteiger partial charge in [-0.05, 0) is 31.0 Å². The van der Waals surface area contributed by atoms with E-state index < -0.39 is 0 Å². The minimum Gasteiger partial charge on any atom is -0.486 e. The van der Waals surface area contributed by atoms with Crippen LogP contribution in [0.4, 0.5) is 0 Å². The maximum absolute atomic E-state index is 5.92. The molecule has 3 heteroatoms. The van der Waals surface area contributed by atoms with E-state index in [1.54, 1.807) is 0 Å². The van der Waals surface area contributed by atoms with E-state index in [9.17, 15) is 0 Å². The Hall–Kier alpha value is -0.890. The highest BCUT2D eigenvalue weighted by atomic mass is 35.5. The van der Waals surface area contributed by atoms with Crippen LogP contribution in [0.2, 0.25) is 0 Å². The molecule has 0 aromatic heterocycles. The Morgan fingerprint density at radius 1 is 1.29 bits per heavy atom. The Morgan fingerprint density at radius 2 is 2.00 bits per heavy atom. The van der Waals surface area contributed by atoms with E-state index in [0.717, 1.165) is 17.9 Å². The average molecular weight is 213 g/mol. The van der Waals surface area contributed by atoms with Crippen LogP contribution < -0.4 is 9.47 Å². The lowest BCUT2D eigenvalue weighted by atomic mass is 10.1. The van der Waals surface area contributed by atoms with Crippen molar-refractivity contribution < 1.29 is 9.47 Å². The normalized spacial score (nSPS) is 16.4. The van der Waals surface area contributed by atoms with Gasteiger partial charge >= 0.3 is 0 Å². The Morgan fingerprint density at radius 3 is 2.71 bits per heavy atom. The predicted molar refractivity (Wildman–Crippen MR) is 56.5 cm³/mol. The highest BCUT2D eigenvalue weighted by Gasteiger charge is 2.12. The zero-order valence-corrected chi connectivity index (χ0v) is 8.88. The molecule has 0 saturated carbocycles. The standard InChI is InChI=1S/C11H13ClO2/c1-8(12)6-9-2-3-10-11(7-9)14-5-4-13-10/h2-3,7-8H,4-6H2,1H3. The molecule has 0 spiro atoms. The Balaban J connectivity index is 2.20. The van der Waals surface area contributed by atoms with Crippen LogP contribution in [-0.4, -0.2) is 18.6 Å². The molecule has 0 amide bonds. The molecule has 1 aliphatic rings. The van der Waals surface area contributed by atoms with Crippen molar-refractivity contribution in [2.24, 2.45) is 0 Å². The number of halogens is 1. The molecule has 2 rings (SSSR count). The molecule has 1 unspecified atom stereocenters. The maximum atomic E-state index is 5.92. The van der Waals surface area contributed by atoms with Crippen molar-refractivity contribution in [3.8, 4) is 11.5 Å². The molecule has 76 valence electrons. The molecule has 0 bridgehead atoms. The van der Waals surface area contributed by atoms with Crippen molar-refractivity contribution in [1.29, 1.82) is 0 Å². The third kappa shape index (κ3) is 2.13. The van der Waals surface area contributed by atoms with E-state index in [-0.39, 0.29) is 5.38 Å². The van der Waals surface area contributed by atoms with Crippen molar-refractivity contribution >= 4 is 11.6 Å². The van der Waals surface area contributed by atoms with Crippen LogP contribution in [0.5, 0.6) is 11.5 Å². The number of rotatable bonds is 2. The number of hydrogen-bond acceptors (Lipinski definition) is 2. The van der Waals surface area contributed by atoms with Crippen LogP contribution in [0.15, 0.2) is 18.2 Å². The maximum Gasteiger partial charge on any atom is 0.161 e. The average Bonchev–Trinajstić information content (AvgIpc) is 2.17. The van der Waals surface area contributed by atoms with Gasteiger partial charge in [0.2, 0.25) is 0 Å². The smallest absolute Gasteiger partial charge is 0.161 e. The number of alkyl halides is 1. The SMILES string of the molecule is CC(Cl)Cc1ccc2c(c1)OCCO2. The van der Waals surface area contributed by atoms with E-state index in [0.29, 0.717) is 13.2 Å². The fourth-order valence-corrected chi connectivity index (χ4v) is 1.72. The molecule has 1 heterocycles. The third-order valence-electron chi connectivity index (χ3n) is 2.12. The first-order chi connectivity index (χ1) is 6.75. The molecular formula is C11H13ClO2. The molecule has 2 nitrogen and oxygen atoms in total. The van der Waals surface area contributed by atoms with E-state index in [2.05, 4.69) is 0 Å². The molecular weight excluding hydrogens is 200 g/mol. The fourth-order valence-electron chi connectivity index (χ4n) is 1.54. The number of benzene rings is 1. The fraction of sp³-hybridized carbons (Fsp3) is 0.455. The highest BCUT2D eigenvalue weighted by molar-refractivity contribution is 6.20. The van der Waals surface area contributed by atoms with Gasteiger partial charge in [0.1, 0.15) is 13.2 Å². The Labute approximate surface area is 88.8 Å². The minimum absolute atomic E-state index is 0.151. The summed E-state index contributed by atoms with van der Waals surface area (Å²) in [5, 5.41) is 0.151.